The molecule has 0 aliphatic carbocycles. The summed E-state index contributed by atoms with van der Waals surface area (Å²) in [4.78, 5) is 19.3. The lowest BCUT2D eigenvalue weighted by molar-refractivity contribution is 0.0696. The SMILES string of the molecule is Cc1cc(Oc2cc(C(=O)O)ccc2C)nc(C)n1. The Bertz CT molecular complexity index is 618. The second-order valence-corrected chi connectivity index (χ2v) is 4.28. The summed E-state index contributed by atoms with van der Waals surface area (Å²) in [6.07, 6.45) is 0. The number of aromatic nitrogens is 2. The van der Waals surface area contributed by atoms with Gasteiger partial charge in [0.2, 0.25) is 5.88 Å². The normalized spacial score (nSPS) is 10.3. The Morgan fingerprint density at radius 2 is 1.89 bits per heavy atom. The number of hydrogen-bond donors (Lipinski definition) is 1. The molecule has 0 fully saturated rings. The van der Waals surface area contributed by atoms with Crippen LogP contribution in [0.15, 0.2) is 24.3 Å². The van der Waals surface area contributed by atoms with Crippen molar-refractivity contribution in [3.05, 3.63) is 46.9 Å². The molecule has 1 heterocycles. The molecule has 5 heteroatoms. The third-order valence-electron chi connectivity index (χ3n) is 2.59. The average Bonchev–Trinajstić information content (AvgIpc) is 2.30. The summed E-state index contributed by atoms with van der Waals surface area (Å²) >= 11 is 0. The van der Waals surface area contributed by atoms with Crippen LogP contribution in [0.5, 0.6) is 11.6 Å². The lowest BCUT2D eigenvalue weighted by Crippen LogP contribution is -1.99. The molecule has 0 bridgehead atoms. The molecule has 0 aliphatic rings. The predicted molar refractivity (Wildman–Crippen MR) is 69.7 cm³/mol. The summed E-state index contributed by atoms with van der Waals surface area (Å²) in [5.41, 5.74) is 1.83. The molecule has 0 saturated heterocycles. The second-order valence-electron chi connectivity index (χ2n) is 4.28. The van der Waals surface area contributed by atoms with Crippen LogP contribution in [0.4, 0.5) is 0 Å². The van der Waals surface area contributed by atoms with Gasteiger partial charge in [-0.05, 0) is 38.5 Å². The lowest BCUT2D eigenvalue weighted by Gasteiger charge is -2.09. The molecule has 0 aliphatic heterocycles. The molecule has 2 rings (SSSR count). The Hall–Kier alpha value is -2.43. The quantitative estimate of drug-likeness (QED) is 0.916. The van der Waals surface area contributed by atoms with Crippen molar-refractivity contribution >= 4 is 5.97 Å². The number of carbonyl (C=O) groups is 1. The molecule has 0 radical (unpaired) electrons. The molecule has 1 aromatic carbocycles. The van der Waals surface area contributed by atoms with Gasteiger partial charge in [-0.15, -0.1) is 0 Å². The fraction of sp³-hybridized carbons (Fsp3) is 0.214. The monoisotopic (exact) mass is 258 g/mol. The topological polar surface area (TPSA) is 72.3 Å². The van der Waals surface area contributed by atoms with Gasteiger partial charge >= 0.3 is 5.97 Å². The van der Waals surface area contributed by atoms with E-state index in [1.54, 1.807) is 25.1 Å². The standard InChI is InChI=1S/C14H14N2O3/c1-8-4-5-11(14(17)18)7-12(8)19-13-6-9(2)15-10(3)16-13/h4-7H,1-3H3,(H,17,18). The molecular formula is C14H14N2O3. The Balaban J connectivity index is 2.37. The highest BCUT2D eigenvalue weighted by Gasteiger charge is 2.09. The van der Waals surface area contributed by atoms with Crippen molar-refractivity contribution in [2.75, 3.05) is 0 Å². The van der Waals surface area contributed by atoms with Gasteiger partial charge in [-0.2, -0.15) is 4.98 Å². The minimum absolute atomic E-state index is 0.183. The van der Waals surface area contributed by atoms with Crippen molar-refractivity contribution in [1.82, 2.24) is 9.97 Å². The second kappa shape index (κ2) is 5.06. The highest BCUT2D eigenvalue weighted by Crippen LogP contribution is 2.25. The molecule has 1 N–H and O–H groups in total. The third kappa shape index (κ3) is 3.07. The summed E-state index contributed by atoms with van der Waals surface area (Å²) in [7, 11) is 0. The molecule has 2 aromatic rings. The van der Waals surface area contributed by atoms with Crippen LogP contribution in [0, 0.1) is 20.8 Å². The lowest BCUT2D eigenvalue weighted by atomic mass is 10.1. The van der Waals surface area contributed by atoms with Gasteiger partial charge in [0.15, 0.2) is 0 Å². The average molecular weight is 258 g/mol. The molecule has 0 amide bonds. The zero-order valence-corrected chi connectivity index (χ0v) is 11.0. The number of aromatic carboxylic acids is 1. The number of carboxylic acid groups (broad SMARTS) is 1. The van der Waals surface area contributed by atoms with Gasteiger partial charge in [-0.3, -0.25) is 0 Å². The number of carboxylic acids is 1. The van der Waals surface area contributed by atoms with Crippen LogP contribution >= 0.6 is 0 Å². The predicted octanol–water partition coefficient (Wildman–Crippen LogP) is 2.89. The number of hydrogen-bond acceptors (Lipinski definition) is 4. The highest BCUT2D eigenvalue weighted by atomic mass is 16.5. The van der Waals surface area contributed by atoms with Gasteiger partial charge in [0.1, 0.15) is 11.6 Å². The first-order chi connectivity index (χ1) is 8.95. The first-order valence-corrected chi connectivity index (χ1v) is 5.80. The van der Waals surface area contributed by atoms with Crippen molar-refractivity contribution in [3.63, 3.8) is 0 Å². The van der Waals surface area contributed by atoms with Crippen molar-refractivity contribution < 1.29 is 14.6 Å². The van der Waals surface area contributed by atoms with Gasteiger partial charge in [-0.25, -0.2) is 9.78 Å². The Labute approximate surface area is 110 Å². The van der Waals surface area contributed by atoms with Gasteiger partial charge in [0.05, 0.1) is 5.56 Å². The van der Waals surface area contributed by atoms with Crippen LogP contribution < -0.4 is 4.74 Å². The Kier molecular flexibility index (Phi) is 3.46. The van der Waals surface area contributed by atoms with Crippen LogP contribution in [0.1, 0.15) is 27.4 Å². The van der Waals surface area contributed by atoms with Crippen LogP contribution in [-0.4, -0.2) is 21.0 Å². The van der Waals surface area contributed by atoms with Crippen LogP contribution in [0.2, 0.25) is 0 Å². The fourth-order valence-corrected chi connectivity index (χ4v) is 1.69. The number of nitrogens with zero attached hydrogens (tertiary/aromatic N) is 2. The fourth-order valence-electron chi connectivity index (χ4n) is 1.69. The maximum absolute atomic E-state index is 10.9. The summed E-state index contributed by atoms with van der Waals surface area (Å²) in [6.45, 7) is 5.48. The molecule has 0 unspecified atom stereocenters. The molecule has 5 nitrogen and oxygen atoms in total. The van der Waals surface area contributed by atoms with E-state index in [9.17, 15) is 4.79 Å². The summed E-state index contributed by atoms with van der Waals surface area (Å²) in [5, 5.41) is 8.97. The summed E-state index contributed by atoms with van der Waals surface area (Å²) in [5.74, 6) is 0.523. The maximum Gasteiger partial charge on any atom is 0.335 e. The van der Waals surface area contributed by atoms with E-state index in [-0.39, 0.29) is 5.56 Å². The zero-order valence-electron chi connectivity index (χ0n) is 11.0. The van der Waals surface area contributed by atoms with E-state index in [0.717, 1.165) is 11.3 Å². The minimum atomic E-state index is -0.986. The molecule has 1 aromatic heterocycles. The van der Waals surface area contributed by atoms with Gasteiger partial charge in [0, 0.05) is 11.8 Å². The first kappa shape index (κ1) is 13.0. The smallest absolute Gasteiger partial charge is 0.335 e. The van der Waals surface area contributed by atoms with E-state index in [1.165, 1.54) is 6.07 Å². The molecule has 0 spiro atoms. The number of benzene rings is 1. The number of aryl methyl sites for hydroxylation is 3. The van der Waals surface area contributed by atoms with Crippen molar-refractivity contribution in [1.29, 1.82) is 0 Å². The van der Waals surface area contributed by atoms with E-state index in [4.69, 9.17) is 9.84 Å². The summed E-state index contributed by atoms with van der Waals surface area (Å²) < 4.78 is 5.65. The van der Waals surface area contributed by atoms with Gasteiger partial charge < -0.3 is 9.84 Å². The van der Waals surface area contributed by atoms with E-state index in [0.29, 0.717) is 17.5 Å². The van der Waals surface area contributed by atoms with Crippen molar-refractivity contribution in [3.8, 4) is 11.6 Å². The highest BCUT2D eigenvalue weighted by molar-refractivity contribution is 5.88. The first-order valence-electron chi connectivity index (χ1n) is 5.80. The van der Waals surface area contributed by atoms with E-state index in [1.807, 2.05) is 13.8 Å². The van der Waals surface area contributed by atoms with E-state index < -0.39 is 5.97 Å². The molecule has 98 valence electrons. The van der Waals surface area contributed by atoms with E-state index >= 15 is 0 Å². The Morgan fingerprint density at radius 3 is 2.53 bits per heavy atom. The van der Waals surface area contributed by atoms with Crippen LogP contribution in [0.25, 0.3) is 0 Å². The van der Waals surface area contributed by atoms with Crippen LogP contribution in [-0.2, 0) is 0 Å². The zero-order chi connectivity index (χ0) is 14.0. The van der Waals surface area contributed by atoms with Crippen molar-refractivity contribution in [2.45, 2.75) is 20.8 Å². The summed E-state index contributed by atoms with van der Waals surface area (Å²) in [6, 6.07) is 6.45. The largest absolute Gasteiger partial charge is 0.478 e. The molecule has 0 saturated carbocycles. The van der Waals surface area contributed by atoms with E-state index in [2.05, 4.69) is 9.97 Å². The molecule has 0 atom stereocenters. The third-order valence-corrected chi connectivity index (χ3v) is 2.59. The van der Waals surface area contributed by atoms with Gasteiger partial charge in [-0.1, -0.05) is 6.07 Å². The number of ether oxygens (including phenoxy) is 1. The Morgan fingerprint density at radius 1 is 1.16 bits per heavy atom. The minimum Gasteiger partial charge on any atom is -0.478 e. The van der Waals surface area contributed by atoms with Gasteiger partial charge in [0.25, 0.3) is 0 Å². The van der Waals surface area contributed by atoms with Crippen molar-refractivity contribution in [2.24, 2.45) is 0 Å². The van der Waals surface area contributed by atoms with Crippen LogP contribution in [0.3, 0.4) is 0 Å². The number of rotatable bonds is 3. The molecular weight excluding hydrogens is 244 g/mol. The molecule has 19 heavy (non-hydrogen) atoms. The maximum atomic E-state index is 10.9.